The Kier molecular flexibility index (Phi) is 5.97. The second kappa shape index (κ2) is 8.66. The van der Waals surface area contributed by atoms with Crippen molar-refractivity contribution in [3.63, 3.8) is 0 Å². The predicted octanol–water partition coefficient (Wildman–Crippen LogP) is 2.24. The van der Waals surface area contributed by atoms with Gasteiger partial charge in [-0.05, 0) is 74.8 Å². The molecule has 0 aliphatic heterocycles. The zero-order chi connectivity index (χ0) is 21.1. The van der Waals surface area contributed by atoms with Crippen LogP contribution < -0.4 is 20.9 Å². The van der Waals surface area contributed by atoms with Gasteiger partial charge in [0.05, 0.1) is 0 Å². The Morgan fingerprint density at radius 2 is 1.57 bits per heavy atom. The van der Waals surface area contributed by atoms with Gasteiger partial charge < -0.3 is 10.1 Å². The highest BCUT2D eigenvalue weighted by Gasteiger charge is 2.54. The number of carbonyl (C=O) groups excluding carboxylic acids is 3. The molecule has 4 bridgehead atoms. The zero-order valence-electron chi connectivity index (χ0n) is 17.5. The Morgan fingerprint density at radius 3 is 2.20 bits per heavy atom. The monoisotopic (exact) mass is 413 g/mol. The van der Waals surface area contributed by atoms with Gasteiger partial charge in [0.25, 0.3) is 5.91 Å². The van der Waals surface area contributed by atoms with E-state index in [0.717, 1.165) is 24.8 Å². The van der Waals surface area contributed by atoms with Crippen molar-refractivity contribution < 1.29 is 19.1 Å². The number of nitrogens with one attached hydrogen (secondary N) is 3. The molecule has 5 rings (SSSR count). The first-order valence-electron chi connectivity index (χ1n) is 11.0. The van der Waals surface area contributed by atoms with Crippen molar-refractivity contribution in [2.75, 3.05) is 13.2 Å². The molecule has 4 fully saturated rings. The molecule has 3 amide bonds. The lowest BCUT2D eigenvalue weighted by atomic mass is 9.49. The van der Waals surface area contributed by atoms with Gasteiger partial charge in [-0.3, -0.25) is 25.2 Å². The number of carbonyl (C=O) groups is 3. The number of ether oxygens (including phenoxy) is 1. The molecule has 0 heterocycles. The van der Waals surface area contributed by atoms with Gasteiger partial charge in [0.2, 0.25) is 11.8 Å². The van der Waals surface area contributed by atoms with Crippen molar-refractivity contribution in [1.29, 1.82) is 0 Å². The van der Waals surface area contributed by atoms with Gasteiger partial charge in [-0.25, -0.2) is 0 Å². The molecule has 3 N–H and O–H groups in total. The number of amides is 3. The largest absolute Gasteiger partial charge is 0.483 e. The number of rotatable bonds is 7. The van der Waals surface area contributed by atoms with Crippen LogP contribution in [-0.4, -0.2) is 30.9 Å². The highest BCUT2D eigenvalue weighted by Crippen LogP contribution is 2.60. The van der Waals surface area contributed by atoms with Crippen LogP contribution in [0.25, 0.3) is 0 Å². The topological polar surface area (TPSA) is 96.5 Å². The van der Waals surface area contributed by atoms with Crippen LogP contribution in [0.2, 0.25) is 0 Å². The molecule has 7 nitrogen and oxygen atoms in total. The third-order valence-corrected chi connectivity index (χ3v) is 6.95. The maximum Gasteiger partial charge on any atom is 0.276 e. The Balaban J connectivity index is 1.14. The second-order valence-corrected chi connectivity index (χ2v) is 9.35. The molecule has 7 heteroatoms. The Labute approximate surface area is 177 Å². The molecule has 0 atom stereocenters. The van der Waals surface area contributed by atoms with E-state index in [0.29, 0.717) is 23.5 Å². The second-order valence-electron chi connectivity index (χ2n) is 9.35. The standard InChI is InChI=1S/C23H31N3O4/c1-15-4-2-3-5-19(15)30-14-21(28)26-25-20(27)6-7-24-22(29)23-11-16-8-17(12-23)10-18(9-16)13-23/h2-5,16-18H,6-14H2,1H3,(H,24,29)(H,25,27)(H,26,28). The summed E-state index contributed by atoms with van der Waals surface area (Å²) in [5.74, 6) is 2.10. The molecule has 162 valence electrons. The first kappa shape index (κ1) is 20.7. The molecule has 1 aromatic carbocycles. The molecule has 4 aliphatic carbocycles. The van der Waals surface area contributed by atoms with Gasteiger partial charge in [-0.2, -0.15) is 0 Å². The van der Waals surface area contributed by atoms with Crippen LogP contribution in [-0.2, 0) is 14.4 Å². The first-order valence-corrected chi connectivity index (χ1v) is 11.0. The average molecular weight is 414 g/mol. The van der Waals surface area contributed by atoms with E-state index in [-0.39, 0.29) is 36.8 Å². The summed E-state index contributed by atoms with van der Waals surface area (Å²) in [7, 11) is 0. The number of para-hydroxylation sites is 1. The minimum absolute atomic E-state index is 0.116. The van der Waals surface area contributed by atoms with Crippen LogP contribution in [0.4, 0.5) is 0 Å². The van der Waals surface area contributed by atoms with Crippen molar-refractivity contribution in [3.8, 4) is 5.75 Å². The van der Waals surface area contributed by atoms with Crippen molar-refractivity contribution in [3.05, 3.63) is 29.8 Å². The quantitative estimate of drug-likeness (QED) is 0.598. The highest BCUT2D eigenvalue weighted by atomic mass is 16.5. The zero-order valence-corrected chi connectivity index (χ0v) is 17.5. The maximum absolute atomic E-state index is 12.9. The molecule has 4 aliphatic rings. The van der Waals surface area contributed by atoms with E-state index in [9.17, 15) is 14.4 Å². The van der Waals surface area contributed by atoms with E-state index >= 15 is 0 Å². The summed E-state index contributed by atoms with van der Waals surface area (Å²) < 4.78 is 5.44. The molecule has 30 heavy (non-hydrogen) atoms. The van der Waals surface area contributed by atoms with Crippen molar-refractivity contribution >= 4 is 17.7 Å². The summed E-state index contributed by atoms with van der Waals surface area (Å²) in [4.78, 5) is 36.7. The van der Waals surface area contributed by atoms with E-state index in [1.54, 1.807) is 6.07 Å². The average Bonchev–Trinajstić information content (AvgIpc) is 2.70. The van der Waals surface area contributed by atoms with E-state index in [4.69, 9.17) is 4.74 Å². The normalized spacial score (nSPS) is 28.6. The van der Waals surface area contributed by atoms with Gasteiger partial charge in [-0.1, -0.05) is 18.2 Å². The number of hydrogen-bond acceptors (Lipinski definition) is 4. The molecule has 1 aromatic rings. The maximum atomic E-state index is 12.9. The third kappa shape index (κ3) is 4.60. The summed E-state index contributed by atoms with van der Waals surface area (Å²) in [6.07, 6.45) is 7.03. The van der Waals surface area contributed by atoms with Gasteiger partial charge in [-0.15, -0.1) is 0 Å². The fraction of sp³-hybridized carbons (Fsp3) is 0.609. The lowest BCUT2D eigenvalue weighted by Crippen LogP contribution is -2.54. The Bertz CT molecular complexity index is 787. The summed E-state index contributed by atoms with van der Waals surface area (Å²) >= 11 is 0. The third-order valence-electron chi connectivity index (χ3n) is 6.95. The van der Waals surface area contributed by atoms with Crippen LogP contribution in [0, 0.1) is 30.1 Å². The number of hydrazine groups is 1. The lowest BCUT2D eigenvalue weighted by Gasteiger charge is -2.55. The number of hydrogen-bond donors (Lipinski definition) is 3. The summed E-state index contributed by atoms with van der Waals surface area (Å²) in [6, 6.07) is 7.41. The van der Waals surface area contributed by atoms with Gasteiger partial charge in [0.1, 0.15) is 5.75 Å². The van der Waals surface area contributed by atoms with Crippen LogP contribution >= 0.6 is 0 Å². The molecule has 0 aromatic heterocycles. The van der Waals surface area contributed by atoms with Gasteiger partial charge in [0.15, 0.2) is 6.61 Å². The predicted molar refractivity (Wildman–Crippen MR) is 111 cm³/mol. The van der Waals surface area contributed by atoms with Gasteiger partial charge in [0, 0.05) is 18.4 Å². The molecule has 4 saturated carbocycles. The number of aryl methyl sites for hydroxylation is 1. The first-order chi connectivity index (χ1) is 14.4. The SMILES string of the molecule is Cc1ccccc1OCC(=O)NNC(=O)CCNC(=O)C12CC3CC(CC(C3)C1)C2. The minimum atomic E-state index is -0.441. The van der Waals surface area contributed by atoms with Crippen LogP contribution in [0.3, 0.4) is 0 Å². The Hall–Kier alpha value is -2.57. The van der Waals surface area contributed by atoms with E-state index in [2.05, 4.69) is 16.2 Å². The van der Waals surface area contributed by atoms with E-state index < -0.39 is 5.91 Å². The van der Waals surface area contributed by atoms with E-state index in [1.165, 1.54) is 19.3 Å². The molecular weight excluding hydrogens is 382 g/mol. The van der Waals surface area contributed by atoms with E-state index in [1.807, 2.05) is 25.1 Å². The molecule has 0 unspecified atom stereocenters. The smallest absolute Gasteiger partial charge is 0.276 e. The van der Waals surface area contributed by atoms with Crippen molar-refractivity contribution in [2.24, 2.45) is 23.2 Å². The number of benzene rings is 1. The highest BCUT2D eigenvalue weighted by molar-refractivity contribution is 5.85. The summed E-state index contributed by atoms with van der Waals surface area (Å²) in [5.41, 5.74) is 5.45. The molecule has 0 radical (unpaired) electrons. The minimum Gasteiger partial charge on any atom is -0.483 e. The van der Waals surface area contributed by atoms with Crippen molar-refractivity contribution in [2.45, 2.75) is 51.9 Å². The van der Waals surface area contributed by atoms with Crippen LogP contribution in [0.1, 0.15) is 50.5 Å². The fourth-order valence-corrected chi connectivity index (χ4v) is 5.97. The van der Waals surface area contributed by atoms with Gasteiger partial charge >= 0.3 is 0 Å². The summed E-state index contributed by atoms with van der Waals surface area (Å²) in [5, 5.41) is 2.97. The van der Waals surface area contributed by atoms with Crippen LogP contribution in [0.15, 0.2) is 24.3 Å². The lowest BCUT2D eigenvalue weighted by molar-refractivity contribution is -0.146. The Morgan fingerprint density at radius 1 is 0.967 bits per heavy atom. The fourth-order valence-electron chi connectivity index (χ4n) is 5.97. The summed E-state index contributed by atoms with van der Waals surface area (Å²) in [6.45, 7) is 1.99. The molecule has 0 spiro atoms. The molecule has 0 saturated heterocycles. The van der Waals surface area contributed by atoms with Crippen molar-refractivity contribution in [1.82, 2.24) is 16.2 Å². The molecular formula is C23H31N3O4. The van der Waals surface area contributed by atoms with Crippen LogP contribution in [0.5, 0.6) is 5.75 Å².